The number of benzene rings is 4. The van der Waals surface area contributed by atoms with Crippen LogP contribution >= 0.6 is 0 Å². The molecule has 0 aromatic heterocycles. The van der Waals surface area contributed by atoms with E-state index in [2.05, 4.69) is 184 Å². The summed E-state index contributed by atoms with van der Waals surface area (Å²) in [5, 5.41) is 0. The number of rotatable bonds is 15. The Bertz CT molecular complexity index is 1420. The maximum atomic E-state index is 7.63. The average molecular weight is 822 g/mol. The van der Waals surface area contributed by atoms with Crippen LogP contribution in [0.25, 0.3) is 0 Å². The van der Waals surface area contributed by atoms with Gasteiger partial charge in [0.1, 0.15) is 0 Å². The molecule has 4 rings (SSSR count). The molecule has 0 fully saturated rings. The molecule has 4 aromatic carbocycles. The van der Waals surface area contributed by atoms with Gasteiger partial charge in [-0.25, -0.2) is 0 Å². The first-order valence-electron chi connectivity index (χ1n) is 20.1. The molecule has 0 aliphatic heterocycles. The molecule has 0 N–H and O–H groups in total. The summed E-state index contributed by atoms with van der Waals surface area (Å²) in [7, 11) is 0. The van der Waals surface area contributed by atoms with Crippen LogP contribution in [0.15, 0.2) is 72.8 Å². The van der Waals surface area contributed by atoms with Gasteiger partial charge in [-0.3, -0.25) is 0 Å². The summed E-state index contributed by atoms with van der Waals surface area (Å²) in [6.45, 7) is 37.5. The third kappa shape index (κ3) is 9.21. The first kappa shape index (κ1) is 42.6. The zero-order chi connectivity index (χ0) is 38.6. The maximum absolute atomic E-state index is 7.63. The van der Waals surface area contributed by atoms with Crippen molar-refractivity contribution in [3.05, 3.63) is 117 Å². The summed E-state index contributed by atoms with van der Waals surface area (Å²) in [5.74, 6) is 2.94. The normalized spacial score (nSPS) is 12.6. The zero-order valence-electron chi connectivity index (χ0n) is 35.4. The molecule has 0 unspecified atom stereocenters. The summed E-state index contributed by atoms with van der Waals surface area (Å²) in [6.07, 6.45) is 0. The van der Waals surface area contributed by atoms with Gasteiger partial charge in [0.05, 0.1) is 0 Å². The SMILES string of the molecule is CC(C)c1cccc(C(C)C)[c]1[Ge]([O][O][Ge]([c]1c(C(C)C)cccc1C(C)C)[c]1c(C(C)C)cccc1C(C)C)[c]1c(C(C)C)cccc1C(C)C. The summed E-state index contributed by atoms with van der Waals surface area (Å²) in [6, 6.07) is 28.0. The van der Waals surface area contributed by atoms with Crippen molar-refractivity contribution in [2.45, 2.75) is 158 Å². The van der Waals surface area contributed by atoms with Gasteiger partial charge in [0.15, 0.2) is 0 Å². The molecule has 0 saturated heterocycles. The van der Waals surface area contributed by atoms with E-state index in [0.717, 1.165) is 0 Å². The predicted octanol–water partition coefficient (Wildman–Crippen LogP) is 11.5. The summed E-state index contributed by atoms with van der Waals surface area (Å²) in [4.78, 5) is 0. The van der Waals surface area contributed by atoms with Crippen LogP contribution in [-0.2, 0) is 7.83 Å². The number of hydrogen-bond donors (Lipinski definition) is 0. The van der Waals surface area contributed by atoms with Gasteiger partial charge in [-0.2, -0.15) is 0 Å². The van der Waals surface area contributed by atoms with Crippen LogP contribution in [0.4, 0.5) is 0 Å². The summed E-state index contributed by atoms with van der Waals surface area (Å²) < 4.78 is 21.0. The molecule has 0 amide bonds. The second kappa shape index (κ2) is 18.5. The fourth-order valence-corrected chi connectivity index (χ4v) is 22.3. The van der Waals surface area contributed by atoms with Crippen LogP contribution in [0.1, 0.15) is 203 Å². The van der Waals surface area contributed by atoms with E-state index < -0.39 is 29.4 Å². The van der Waals surface area contributed by atoms with Gasteiger partial charge in [-0.15, -0.1) is 0 Å². The second-order valence-corrected chi connectivity index (χ2v) is 25.0. The molecule has 280 valence electrons. The van der Waals surface area contributed by atoms with E-state index in [1.807, 2.05) is 0 Å². The second-order valence-electron chi connectivity index (χ2n) is 17.3. The molecule has 0 saturated carbocycles. The van der Waals surface area contributed by atoms with Crippen molar-refractivity contribution in [3.8, 4) is 0 Å². The Hall–Kier alpha value is -2.11. The fourth-order valence-electron chi connectivity index (χ4n) is 7.75. The van der Waals surface area contributed by atoms with E-state index in [1.165, 1.54) is 62.1 Å². The third-order valence-corrected chi connectivity index (χ3v) is 21.0. The van der Waals surface area contributed by atoms with Crippen molar-refractivity contribution >= 4 is 47.0 Å². The first-order valence-corrected chi connectivity index (χ1v) is 26.0. The molecule has 0 bridgehead atoms. The van der Waals surface area contributed by atoms with Crippen molar-refractivity contribution in [1.29, 1.82) is 0 Å². The molecule has 52 heavy (non-hydrogen) atoms. The van der Waals surface area contributed by atoms with Gasteiger partial charge in [0.2, 0.25) is 0 Å². The molecule has 2 radical (unpaired) electrons. The Balaban J connectivity index is 2.17. The summed E-state index contributed by atoms with van der Waals surface area (Å²) >= 11 is -5.79. The van der Waals surface area contributed by atoms with Crippen LogP contribution < -0.4 is 17.6 Å². The fraction of sp³-hybridized carbons (Fsp3) is 0.500. The standard InChI is InChI=1S/C48H68Ge2O2/c1-29(2)37-21-17-22-38(30(3)4)45(37)49(46-39(31(5)6)23-18-24-40(46)32(7)8)51-52-50(47-41(33(9)10)25-19-26-42(47)34(11)12)48-43(35(13)14)27-20-28-44(48)36(15)16/h17-36H,1-16H3. The molecule has 0 atom stereocenters. The minimum absolute atomic E-state index is 0.368. The Morgan fingerprint density at radius 1 is 0.269 bits per heavy atom. The van der Waals surface area contributed by atoms with E-state index in [-0.39, 0.29) is 0 Å². The van der Waals surface area contributed by atoms with Crippen LogP contribution in [0.3, 0.4) is 0 Å². The molecule has 4 heteroatoms. The first-order chi connectivity index (χ1) is 24.5. The van der Waals surface area contributed by atoms with Gasteiger partial charge < -0.3 is 0 Å². The monoisotopic (exact) mass is 824 g/mol. The van der Waals surface area contributed by atoms with E-state index in [0.29, 0.717) is 47.3 Å². The number of hydrogen-bond acceptors (Lipinski definition) is 2. The van der Waals surface area contributed by atoms with Gasteiger partial charge in [-0.1, -0.05) is 0 Å². The van der Waals surface area contributed by atoms with Crippen molar-refractivity contribution in [2.24, 2.45) is 0 Å². The minimum atomic E-state index is -2.90. The van der Waals surface area contributed by atoms with Crippen molar-refractivity contribution in [3.63, 3.8) is 0 Å². The Morgan fingerprint density at radius 3 is 0.519 bits per heavy atom. The van der Waals surface area contributed by atoms with Crippen LogP contribution in [0.2, 0.25) is 0 Å². The van der Waals surface area contributed by atoms with E-state index >= 15 is 0 Å². The van der Waals surface area contributed by atoms with E-state index in [1.54, 1.807) is 0 Å². The zero-order valence-corrected chi connectivity index (χ0v) is 39.6. The molecule has 4 aromatic rings. The molecule has 0 aliphatic rings. The van der Waals surface area contributed by atoms with E-state index in [9.17, 15) is 0 Å². The van der Waals surface area contributed by atoms with Gasteiger partial charge in [0.25, 0.3) is 0 Å². The van der Waals surface area contributed by atoms with Gasteiger partial charge in [0, 0.05) is 0 Å². The molecule has 0 spiro atoms. The third-order valence-electron chi connectivity index (χ3n) is 10.6. The van der Waals surface area contributed by atoms with Gasteiger partial charge >= 0.3 is 330 Å². The van der Waals surface area contributed by atoms with Crippen LogP contribution in [0, 0.1) is 0 Å². The molecule has 2 nitrogen and oxygen atoms in total. The van der Waals surface area contributed by atoms with Crippen LogP contribution in [0.5, 0.6) is 0 Å². The van der Waals surface area contributed by atoms with Gasteiger partial charge in [-0.05, 0) is 0 Å². The molecule has 0 heterocycles. The van der Waals surface area contributed by atoms with Crippen molar-refractivity contribution in [2.75, 3.05) is 0 Å². The van der Waals surface area contributed by atoms with E-state index in [4.69, 9.17) is 7.83 Å². The molecule has 0 aliphatic carbocycles. The molecular weight excluding hydrogens is 754 g/mol. The van der Waals surface area contributed by atoms with Crippen molar-refractivity contribution < 1.29 is 7.83 Å². The average Bonchev–Trinajstić information content (AvgIpc) is 3.08. The quantitative estimate of drug-likeness (QED) is 0.0676. The van der Waals surface area contributed by atoms with Crippen molar-refractivity contribution in [1.82, 2.24) is 0 Å². The van der Waals surface area contributed by atoms with Crippen LogP contribution in [-0.4, -0.2) is 29.4 Å². The topological polar surface area (TPSA) is 18.5 Å². The summed E-state index contributed by atoms with van der Waals surface area (Å²) in [5.41, 5.74) is 11.3. The molecular formula is C48H68Ge2O2. The predicted molar refractivity (Wildman–Crippen MR) is 231 cm³/mol. The Morgan fingerprint density at radius 2 is 0.404 bits per heavy atom. The Labute approximate surface area is 328 Å². The Kier molecular flexibility index (Phi) is 15.1.